The molecule has 1 amide bonds. The number of rotatable bonds is 7. The molecule has 0 unspecified atom stereocenters. The van der Waals surface area contributed by atoms with Crippen LogP contribution in [-0.4, -0.2) is 29.1 Å². The second-order valence-electron chi connectivity index (χ2n) is 9.76. The zero-order chi connectivity index (χ0) is 23.3. The van der Waals surface area contributed by atoms with E-state index in [0.29, 0.717) is 12.6 Å². The molecule has 6 nitrogen and oxygen atoms in total. The van der Waals surface area contributed by atoms with Crippen LogP contribution < -0.4 is 21.1 Å². The molecule has 6 heteroatoms. The molecular formula is C28H28N4O2. The minimum Gasteiger partial charge on any atom is -0.491 e. The maximum atomic E-state index is 12.6. The molecule has 0 atom stereocenters. The summed E-state index contributed by atoms with van der Waals surface area (Å²) < 4.78 is 6.02. The van der Waals surface area contributed by atoms with Gasteiger partial charge in [0.2, 0.25) is 0 Å². The van der Waals surface area contributed by atoms with Crippen molar-refractivity contribution in [1.29, 1.82) is 0 Å². The second kappa shape index (κ2) is 7.99. The van der Waals surface area contributed by atoms with Crippen LogP contribution in [0, 0.1) is 6.92 Å². The first-order valence-electron chi connectivity index (χ1n) is 11.9. The van der Waals surface area contributed by atoms with Crippen LogP contribution in [0.3, 0.4) is 0 Å². The standard InChI is InChI=1S/C28H28N4O2/c1-17-13-23-24(9-12-30-25(23)15-26(17)34-16-28(29)10-11-28)31-20-7-8-21-18(14-20)3-2-4-22(21)27(33)32-19-5-6-19/h2-4,7-9,12-15,19H,5-6,10-11,16,29H2,1H3,(H,30,31)(H,32,33). The highest BCUT2D eigenvalue weighted by atomic mass is 16.5. The molecule has 0 radical (unpaired) electrons. The maximum Gasteiger partial charge on any atom is 0.252 e. The van der Waals surface area contributed by atoms with E-state index in [1.54, 1.807) is 6.20 Å². The Morgan fingerprint density at radius 1 is 1.12 bits per heavy atom. The average molecular weight is 453 g/mol. The van der Waals surface area contributed by atoms with Gasteiger partial charge in [-0.2, -0.15) is 0 Å². The fourth-order valence-corrected chi connectivity index (χ4v) is 4.28. The topological polar surface area (TPSA) is 89.3 Å². The number of hydrogen-bond donors (Lipinski definition) is 3. The molecule has 4 aromatic rings. The zero-order valence-electron chi connectivity index (χ0n) is 19.2. The number of amides is 1. The molecule has 1 aromatic heterocycles. The van der Waals surface area contributed by atoms with Crippen molar-refractivity contribution >= 4 is 39.0 Å². The van der Waals surface area contributed by atoms with E-state index in [1.807, 2.05) is 49.4 Å². The van der Waals surface area contributed by atoms with E-state index >= 15 is 0 Å². The van der Waals surface area contributed by atoms with E-state index in [4.69, 9.17) is 10.5 Å². The lowest BCUT2D eigenvalue weighted by Crippen LogP contribution is -2.29. The van der Waals surface area contributed by atoms with Crippen LogP contribution in [0.15, 0.2) is 60.8 Å². The smallest absolute Gasteiger partial charge is 0.252 e. The number of nitrogens with two attached hydrogens (primary N) is 1. The van der Waals surface area contributed by atoms with Gasteiger partial charge in [0, 0.05) is 40.6 Å². The number of aromatic nitrogens is 1. The fraction of sp³-hybridized carbons (Fsp3) is 0.286. The molecule has 4 N–H and O–H groups in total. The Kier molecular flexibility index (Phi) is 4.92. The van der Waals surface area contributed by atoms with E-state index in [1.165, 1.54) is 0 Å². The normalized spacial score (nSPS) is 16.4. The monoisotopic (exact) mass is 452 g/mol. The Morgan fingerprint density at radius 2 is 1.97 bits per heavy atom. The lowest BCUT2D eigenvalue weighted by molar-refractivity contribution is 0.0952. The highest BCUT2D eigenvalue weighted by molar-refractivity contribution is 6.08. The quantitative estimate of drug-likeness (QED) is 0.359. The van der Waals surface area contributed by atoms with Crippen LogP contribution >= 0.6 is 0 Å². The van der Waals surface area contributed by atoms with Crippen molar-refractivity contribution < 1.29 is 9.53 Å². The van der Waals surface area contributed by atoms with Gasteiger partial charge in [0.15, 0.2) is 0 Å². The minimum atomic E-state index is -0.160. The summed E-state index contributed by atoms with van der Waals surface area (Å²) in [6, 6.07) is 18.4. The number of nitrogens with zero attached hydrogens (tertiary/aromatic N) is 1. The number of pyridine rings is 1. The summed E-state index contributed by atoms with van der Waals surface area (Å²) in [6.45, 7) is 2.58. The third-order valence-electron chi connectivity index (χ3n) is 6.76. The first-order valence-corrected chi connectivity index (χ1v) is 11.9. The number of anilines is 2. The van der Waals surface area contributed by atoms with Gasteiger partial charge in [-0.1, -0.05) is 18.2 Å². The molecule has 172 valence electrons. The summed E-state index contributed by atoms with van der Waals surface area (Å²) in [4.78, 5) is 17.2. The van der Waals surface area contributed by atoms with Crippen LogP contribution in [0.5, 0.6) is 5.75 Å². The number of nitrogens with one attached hydrogen (secondary N) is 2. The van der Waals surface area contributed by atoms with Crippen molar-refractivity contribution in [2.45, 2.75) is 44.2 Å². The van der Waals surface area contributed by atoms with Gasteiger partial charge in [-0.3, -0.25) is 9.78 Å². The Labute approximate surface area is 198 Å². The molecule has 2 aliphatic carbocycles. The van der Waals surface area contributed by atoms with Crippen molar-refractivity contribution in [2.24, 2.45) is 5.73 Å². The van der Waals surface area contributed by atoms with Crippen LogP contribution in [0.25, 0.3) is 21.7 Å². The van der Waals surface area contributed by atoms with Gasteiger partial charge in [0.1, 0.15) is 12.4 Å². The first kappa shape index (κ1) is 20.9. The molecule has 2 fully saturated rings. The first-order chi connectivity index (χ1) is 16.5. The van der Waals surface area contributed by atoms with Gasteiger partial charge in [-0.05, 0) is 79.3 Å². The molecular weight excluding hydrogens is 424 g/mol. The highest BCUT2D eigenvalue weighted by Crippen LogP contribution is 2.35. The number of fused-ring (bicyclic) bond motifs is 2. The largest absolute Gasteiger partial charge is 0.491 e. The van der Waals surface area contributed by atoms with E-state index in [9.17, 15) is 4.79 Å². The number of aryl methyl sites for hydroxylation is 1. The molecule has 0 saturated heterocycles. The molecule has 2 aliphatic rings. The third kappa shape index (κ3) is 4.17. The van der Waals surface area contributed by atoms with Gasteiger partial charge in [0.05, 0.1) is 11.1 Å². The summed E-state index contributed by atoms with van der Waals surface area (Å²) in [5, 5.41) is 9.63. The van der Waals surface area contributed by atoms with Crippen molar-refractivity contribution in [3.05, 3.63) is 71.9 Å². The minimum absolute atomic E-state index is 0.00433. The van der Waals surface area contributed by atoms with E-state index in [2.05, 4.69) is 27.8 Å². The van der Waals surface area contributed by atoms with Crippen molar-refractivity contribution in [1.82, 2.24) is 10.3 Å². The van der Waals surface area contributed by atoms with Gasteiger partial charge < -0.3 is 21.1 Å². The summed E-state index contributed by atoms with van der Waals surface area (Å²) in [5.74, 6) is 0.835. The predicted octanol–water partition coefficient (Wildman–Crippen LogP) is 5.20. The average Bonchev–Trinajstić information content (AvgIpc) is 3.77. The number of carbonyl (C=O) groups excluding carboxylic acids is 1. The third-order valence-corrected chi connectivity index (χ3v) is 6.76. The summed E-state index contributed by atoms with van der Waals surface area (Å²) >= 11 is 0. The number of carbonyl (C=O) groups is 1. The molecule has 34 heavy (non-hydrogen) atoms. The molecule has 3 aromatic carbocycles. The Bertz CT molecular complexity index is 1420. The van der Waals surface area contributed by atoms with Gasteiger partial charge in [-0.25, -0.2) is 0 Å². The Hall–Kier alpha value is -3.64. The Balaban J connectivity index is 1.28. The lowest BCUT2D eigenvalue weighted by Gasteiger charge is -2.16. The van der Waals surface area contributed by atoms with E-state index in [0.717, 1.165) is 75.6 Å². The van der Waals surface area contributed by atoms with E-state index in [-0.39, 0.29) is 11.4 Å². The van der Waals surface area contributed by atoms with Crippen molar-refractivity contribution in [2.75, 3.05) is 11.9 Å². The fourth-order valence-electron chi connectivity index (χ4n) is 4.28. The summed E-state index contributed by atoms with van der Waals surface area (Å²) in [7, 11) is 0. The summed E-state index contributed by atoms with van der Waals surface area (Å²) in [6.07, 6.45) is 5.99. The van der Waals surface area contributed by atoms with Crippen LogP contribution in [0.1, 0.15) is 41.6 Å². The number of benzene rings is 3. The van der Waals surface area contributed by atoms with Gasteiger partial charge >= 0.3 is 0 Å². The van der Waals surface area contributed by atoms with Crippen LogP contribution in [-0.2, 0) is 0 Å². The second-order valence-corrected chi connectivity index (χ2v) is 9.76. The molecule has 6 rings (SSSR count). The predicted molar refractivity (Wildman–Crippen MR) is 136 cm³/mol. The van der Waals surface area contributed by atoms with E-state index < -0.39 is 0 Å². The highest BCUT2D eigenvalue weighted by Gasteiger charge is 2.39. The number of hydrogen-bond acceptors (Lipinski definition) is 5. The van der Waals surface area contributed by atoms with Gasteiger partial charge in [-0.15, -0.1) is 0 Å². The van der Waals surface area contributed by atoms with Crippen molar-refractivity contribution in [3.63, 3.8) is 0 Å². The number of ether oxygens (including phenoxy) is 1. The molecule has 2 saturated carbocycles. The molecule has 0 bridgehead atoms. The van der Waals surface area contributed by atoms with Crippen LogP contribution in [0.4, 0.5) is 11.4 Å². The lowest BCUT2D eigenvalue weighted by atomic mass is 10.0. The van der Waals surface area contributed by atoms with Crippen molar-refractivity contribution in [3.8, 4) is 5.75 Å². The van der Waals surface area contributed by atoms with Crippen LogP contribution in [0.2, 0.25) is 0 Å². The maximum absolute atomic E-state index is 12.6. The Morgan fingerprint density at radius 3 is 2.76 bits per heavy atom. The van der Waals surface area contributed by atoms with Gasteiger partial charge in [0.25, 0.3) is 5.91 Å². The zero-order valence-corrected chi connectivity index (χ0v) is 19.2. The molecule has 0 aliphatic heterocycles. The molecule has 0 spiro atoms. The summed E-state index contributed by atoms with van der Waals surface area (Å²) in [5.41, 5.74) is 10.6. The SMILES string of the molecule is Cc1cc2c(Nc3ccc4c(C(=O)NC5CC5)cccc4c3)ccnc2cc1OCC1(N)CC1. The molecule has 1 heterocycles.